The molecule has 4 nitrogen and oxygen atoms in total. The Labute approximate surface area is 131 Å². The van der Waals surface area contributed by atoms with Crippen molar-refractivity contribution in [3.05, 3.63) is 45.3 Å². The Balaban J connectivity index is 1.66. The number of alkyl halides is 3. The number of hydrogen-bond donors (Lipinski definition) is 0. The lowest BCUT2D eigenvalue weighted by atomic mass is 10.1. The lowest BCUT2D eigenvalue weighted by Gasteiger charge is -2.03. The predicted octanol–water partition coefficient (Wildman–Crippen LogP) is 4.13. The molecule has 0 spiro atoms. The largest absolute Gasteiger partial charge is 0.427 e. The molecule has 0 aromatic carbocycles. The van der Waals surface area contributed by atoms with E-state index in [1.165, 1.54) is 0 Å². The fourth-order valence-electron chi connectivity index (χ4n) is 2.58. The third kappa shape index (κ3) is 2.26. The van der Waals surface area contributed by atoms with Gasteiger partial charge in [-0.3, -0.25) is 0 Å². The molecule has 0 bridgehead atoms. The van der Waals surface area contributed by atoms with Crippen LogP contribution in [0.1, 0.15) is 33.7 Å². The average molecular weight is 345 g/mol. The minimum atomic E-state index is -4.34. The van der Waals surface area contributed by atoms with E-state index in [0.29, 0.717) is 27.1 Å². The van der Waals surface area contributed by atoms with Crippen LogP contribution in [-0.4, -0.2) is 19.6 Å². The summed E-state index contributed by atoms with van der Waals surface area (Å²) in [5.41, 5.74) is 1.59. The molecular formula is C13H8ClF3N4S. The van der Waals surface area contributed by atoms with Crippen LogP contribution in [-0.2, 0) is 6.18 Å². The Morgan fingerprint density at radius 3 is 2.82 bits per heavy atom. The number of aromatic nitrogens is 4. The molecule has 0 amide bonds. The zero-order valence-corrected chi connectivity index (χ0v) is 12.5. The summed E-state index contributed by atoms with van der Waals surface area (Å²) in [4.78, 5) is 7.51. The summed E-state index contributed by atoms with van der Waals surface area (Å²) < 4.78 is 39.5. The molecule has 1 aliphatic rings. The summed E-state index contributed by atoms with van der Waals surface area (Å²) in [5, 5.41) is 4.94. The highest BCUT2D eigenvalue weighted by Gasteiger charge is 2.44. The molecule has 1 saturated carbocycles. The molecule has 2 atom stereocenters. The van der Waals surface area contributed by atoms with Crippen molar-refractivity contribution in [3.63, 3.8) is 0 Å². The van der Waals surface area contributed by atoms with Gasteiger partial charge in [0, 0.05) is 23.9 Å². The number of fused-ring (bicyclic) bond motifs is 1. The van der Waals surface area contributed by atoms with Crippen molar-refractivity contribution in [2.75, 3.05) is 0 Å². The molecule has 3 aromatic heterocycles. The normalized spacial score (nSPS) is 21.5. The molecule has 4 rings (SSSR count). The molecule has 0 N–H and O–H groups in total. The number of rotatable bonds is 2. The first kappa shape index (κ1) is 14.0. The minimum absolute atomic E-state index is 0.0138. The van der Waals surface area contributed by atoms with Gasteiger partial charge in [0.2, 0.25) is 0 Å². The van der Waals surface area contributed by atoms with Crippen LogP contribution in [0.5, 0.6) is 0 Å². The maximum Gasteiger partial charge on any atom is 0.427 e. The molecule has 9 heteroatoms. The molecule has 114 valence electrons. The van der Waals surface area contributed by atoms with Gasteiger partial charge in [-0.1, -0.05) is 11.6 Å². The second-order valence-electron chi connectivity index (χ2n) is 5.13. The van der Waals surface area contributed by atoms with Crippen molar-refractivity contribution in [3.8, 4) is 0 Å². The maximum absolute atomic E-state index is 12.7. The monoisotopic (exact) mass is 344 g/mol. The van der Waals surface area contributed by atoms with Crippen molar-refractivity contribution in [2.45, 2.75) is 24.4 Å². The fraction of sp³-hybridized carbons (Fsp3) is 0.308. The van der Waals surface area contributed by atoms with Crippen LogP contribution in [0.3, 0.4) is 0 Å². The Bertz CT molecular complexity index is 856. The predicted molar refractivity (Wildman–Crippen MR) is 75.2 cm³/mol. The van der Waals surface area contributed by atoms with E-state index in [-0.39, 0.29) is 11.8 Å². The van der Waals surface area contributed by atoms with Crippen molar-refractivity contribution in [2.24, 2.45) is 0 Å². The van der Waals surface area contributed by atoms with Gasteiger partial charge in [-0.05, 0) is 18.4 Å². The summed E-state index contributed by atoms with van der Waals surface area (Å²) in [6.45, 7) is 0. The van der Waals surface area contributed by atoms with Crippen LogP contribution in [0.25, 0.3) is 5.65 Å². The summed E-state index contributed by atoms with van der Waals surface area (Å²) >= 11 is 6.70. The van der Waals surface area contributed by atoms with E-state index < -0.39 is 11.1 Å². The number of thiazole rings is 1. The van der Waals surface area contributed by atoms with E-state index >= 15 is 0 Å². The van der Waals surface area contributed by atoms with E-state index in [4.69, 9.17) is 11.6 Å². The highest BCUT2D eigenvalue weighted by Crippen LogP contribution is 2.56. The molecule has 1 fully saturated rings. The van der Waals surface area contributed by atoms with Gasteiger partial charge in [0.25, 0.3) is 0 Å². The van der Waals surface area contributed by atoms with Crippen LogP contribution in [0, 0.1) is 0 Å². The van der Waals surface area contributed by atoms with Gasteiger partial charge in [-0.25, -0.2) is 14.5 Å². The number of halogens is 4. The van der Waals surface area contributed by atoms with Gasteiger partial charge < -0.3 is 0 Å². The van der Waals surface area contributed by atoms with Gasteiger partial charge >= 0.3 is 6.18 Å². The molecule has 0 aliphatic heterocycles. The first-order valence-corrected chi connectivity index (χ1v) is 7.65. The Morgan fingerprint density at radius 1 is 1.27 bits per heavy atom. The van der Waals surface area contributed by atoms with Crippen molar-refractivity contribution >= 4 is 28.6 Å². The summed E-state index contributed by atoms with van der Waals surface area (Å²) in [5.74, 6) is 0.0673. The van der Waals surface area contributed by atoms with E-state index in [1.54, 1.807) is 23.0 Å². The second kappa shape index (κ2) is 4.66. The van der Waals surface area contributed by atoms with Gasteiger partial charge in [0.1, 0.15) is 10.0 Å². The molecule has 1 aliphatic carbocycles. The van der Waals surface area contributed by atoms with Gasteiger partial charge in [0.05, 0.1) is 11.2 Å². The smallest absolute Gasteiger partial charge is 0.249 e. The van der Waals surface area contributed by atoms with Crippen LogP contribution >= 0.6 is 22.9 Å². The van der Waals surface area contributed by atoms with Crippen molar-refractivity contribution < 1.29 is 13.2 Å². The molecular weight excluding hydrogens is 337 g/mol. The highest BCUT2D eigenvalue weighted by atomic mass is 35.5. The van der Waals surface area contributed by atoms with E-state index in [9.17, 15) is 13.2 Å². The van der Waals surface area contributed by atoms with E-state index in [1.807, 2.05) is 0 Å². The lowest BCUT2D eigenvalue weighted by molar-refractivity contribution is -0.134. The highest BCUT2D eigenvalue weighted by molar-refractivity contribution is 7.11. The van der Waals surface area contributed by atoms with Crippen molar-refractivity contribution in [1.82, 2.24) is 19.6 Å². The zero-order chi connectivity index (χ0) is 15.5. The van der Waals surface area contributed by atoms with Gasteiger partial charge in [-0.15, -0.1) is 11.3 Å². The maximum atomic E-state index is 12.7. The standard InChI is InChI=1S/C13H8ClF3N4S/c14-10-4-7(11-18-1-2-21(11)20-10)6-3-8(6)12-19-5-9(22-12)13(15,16)17/h1-2,4-6,8H,3H2/t6-,8+/m1/s1. The molecule has 3 aromatic rings. The molecule has 0 saturated heterocycles. The summed E-state index contributed by atoms with van der Waals surface area (Å²) in [6, 6.07) is 1.73. The Hall–Kier alpha value is -1.67. The first-order valence-electron chi connectivity index (χ1n) is 6.46. The Kier molecular flexibility index (Phi) is 2.96. The van der Waals surface area contributed by atoms with Crippen molar-refractivity contribution in [1.29, 1.82) is 0 Å². The second-order valence-corrected chi connectivity index (χ2v) is 6.58. The minimum Gasteiger partial charge on any atom is -0.249 e. The number of nitrogens with zero attached hydrogens (tertiary/aromatic N) is 4. The molecule has 0 radical (unpaired) electrons. The molecule has 0 unspecified atom stereocenters. The quantitative estimate of drug-likeness (QED) is 0.702. The van der Waals surface area contributed by atoms with Crippen LogP contribution < -0.4 is 0 Å². The van der Waals surface area contributed by atoms with Crippen LogP contribution in [0.15, 0.2) is 24.7 Å². The van der Waals surface area contributed by atoms with Crippen LogP contribution in [0.2, 0.25) is 5.15 Å². The third-order valence-corrected chi connectivity index (χ3v) is 5.03. The molecule has 3 heterocycles. The molecule has 22 heavy (non-hydrogen) atoms. The zero-order valence-electron chi connectivity index (χ0n) is 10.9. The summed E-state index contributed by atoms with van der Waals surface area (Å²) in [6.07, 6.45) is 0.613. The van der Waals surface area contributed by atoms with Gasteiger partial charge in [-0.2, -0.15) is 18.3 Å². The summed E-state index contributed by atoms with van der Waals surface area (Å²) in [7, 11) is 0. The topological polar surface area (TPSA) is 43.1 Å². The average Bonchev–Trinajstić information content (AvgIpc) is 2.87. The third-order valence-electron chi connectivity index (χ3n) is 3.67. The van der Waals surface area contributed by atoms with Gasteiger partial charge in [0.15, 0.2) is 5.65 Å². The number of hydrogen-bond acceptors (Lipinski definition) is 4. The Morgan fingerprint density at radius 2 is 2.09 bits per heavy atom. The SMILES string of the molecule is FC(F)(F)c1cnc([C@H]2C[C@@H]2c2cc(Cl)nn3ccnc23)s1. The van der Waals surface area contributed by atoms with E-state index in [0.717, 1.165) is 18.2 Å². The van der Waals surface area contributed by atoms with Crippen LogP contribution in [0.4, 0.5) is 13.2 Å². The fourth-order valence-corrected chi connectivity index (χ4v) is 3.75. The number of imidazole rings is 1. The van der Waals surface area contributed by atoms with E-state index in [2.05, 4.69) is 15.1 Å². The lowest BCUT2D eigenvalue weighted by Crippen LogP contribution is -2.00. The first-order chi connectivity index (χ1) is 10.4.